The monoisotopic (exact) mass is 238 g/mol. The van der Waals surface area contributed by atoms with Crippen molar-refractivity contribution < 1.29 is 9.42 Å². The predicted octanol–water partition coefficient (Wildman–Crippen LogP) is -0.751. The smallest absolute Gasteiger partial charge is 0.203 e. The summed E-state index contributed by atoms with van der Waals surface area (Å²) < 4.78 is 4.46. The number of anilines is 1. The number of hydrogen-bond donors (Lipinski definition) is 2. The summed E-state index contributed by atoms with van der Waals surface area (Å²) in [5, 5.41) is 18.8. The van der Waals surface area contributed by atoms with Gasteiger partial charge in [-0.3, -0.25) is 4.79 Å². The molecule has 0 saturated heterocycles. The maximum absolute atomic E-state index is 11.3. The molecular formula is C7H10N8O2. The van der Waals surface area contributed by atoms with Crippen LogP contribution in [0.5, 0.6) is 0 Å². The first kappa shape index (κ1) is 11.1. The van der Waals surface area contributed by atoms with E-state index in [-0.39, 0.29) is 30.5 Å². The van der Waals surface area contributed by atoms with Crippen molar-refractivity contribution in [2.24, 2.45) is 21.1 Å². The van der Waals surface area contributed by atoms with Crippen LogP contribution in [0, 0.1) is 0 Å². The molecule has 0 fully saturated rings. The zero-order valence-electron chi connectivity index (χ0n) is 8.78. The molecule has 3 N–H and O–H groups in total. The molecule has 17 heavy (non-hydrogen) atoms. The Morgan fingerprint density at radius 3 is 3.18 bits per heavy atom. The van der Waals surface area contributed by atoms with Crippen LogP contribution in [0.4, 0.5) is 5.82 Å². The summed E-state index contributed by atoms with van der Waals surface area (Å²) in [5.74, 6) is -0.141. The Kier molecular flexibility index (Phi) is 3.35. The molecule has 0 radical (unpaired) electrons. The fourth-order valence-corrected chi connectivity index (χ4v) is 1.11. The number of nitrogens with zero attached hydrogens (tertiary/aromatic N) is 6. The third-order valence-electron chi connectivity index (χ3n) is 1.88. The van der Waals surface area contributed by atoms with E-state index in [1.165, 1.54) is 11.3 Å². The number of nitrogens with two attached hydrogens (primary N) is 1. The lowest BCUT2D eigenvalue weighted by molar-refractivity contribution is 0.0992. The molecule has 2 rings (SSSR count). The van der Waals surface area contributed by atoms with E-state index in [0.717, 1.165) is 0 Å². The molecule has 0 atom stereocenters. The SMILES string of the molecule is NCC(=O)c1nonc1NCN1C=NCN=N1. The van der Waals surface area contributed by atoms with Crippen molar-refractivity contribution in [2.45, 2.75) is 0 Å². The molecule has 0 saturated carbocycles. The molecule has 0 unspecified atom stereocenters. The summed E-state index contributed by atoms with van der Waals surface area (Å²) in [7, 11) is 0. The summed E-state index contributed by atoms with van der Waals surface area (Å²) >= 11 is 0. The highest BCUT2D eigenvalue weighted by Crippen LogP contribution is 2.09. The van der Waals surface area contributed by atoms with Gasteiger partial charge in [0.05, 0.1) is 6.54 Å². The third-order valence-corrected chi connectivity index (χ3v) is 1.88. The Hall–Kier alpha value is -2.36. The molecule has 10 heteroatoms. The lowest BCUT2D eigenvalue weighted by Gasteiger charge is -2.14. The molecule has 90 valence electrons. The number of aromatic nitrogens is 2. The lowest BCUT2D eigenvalue weighted by atomic mass is 10.3. The second kappa shape index (κ2) is 5.12. The molecular weight excluding hydrogens is 228 g/mol. The number of aliphatic imine (C=N–C) groups is 1. The minimum absolute atomic E-state index is 0.0680. The first-order valence-corrected chi connectivity index (χ1v) is 4.75. The van der Waals surface area contributed by atoms with Crippen LogP contribution in [0.25, 0.3) is 0 Å². The van der Waals surface area contributed by atoms with Crippen LogP contribution in [-0.2, 0) is 0 Å². The predicted molar refractivity (Wildman–Crippen MR) is 56.2 cm³/mol. The largest absolute Gasteiger partial charge is 0.346 e. The van der Waals surface area contributed by atoms with Gasteiger partial charge in [0.25, 0.3) is 0 Å². The highest BCUT2D eigenvalue weighted by Gasteiger charge is 2.17. The van der Waals surface area contributed by atoms with Crippen molar-refractivity contribution in [1.29, 1.82) is 0 Å². The Balaban J connectivity index is 1.97. The third kappa shape index (κ3) is 2.60. The zero-order valence-corrected chi connectivity index (χ0v) is 8.78. The maximum Gasteiger partial charge on any atom is 0.203 e. The van der Waals surface area contributed by atoms with E-state index in [1.54, 1.807) is 0 Å². The summed E-state index contributed by atoms with van der Waals surface area (Å²) in [6.45, 7) is 0.402. The van der Waals surface area contributed by atoms with E-state index < -0.39 is 0 Å². The average Bonchev–Trinajstić information content (AvgIpc) is 2.85. The van der Waals surface area contributed by atoms with Gasteiger partial charge in [0, 0.05) is 0 Å². The Morgan fingerprint density at radius 2 is 2.47 bits per heavy atom. The van der Waals surface area contributed by atoms with Gasteiger partial charge >= 0.3 is 0 Å². The Bertz CT molecular complexity index is 440. The molecule has 0 aliphatic carbocycles. The fourth-order valence-electron chi connectivity index (χ4n) is 1.11. The van der Waals surface area contributed by atoms with Crippen LogP contribution in [0.1, 0.15) is 10.5 Å². The highest BCUT2D eigenvalue weighted by atomic mass is 16.6. The van der Waals surface area contributed by atoms with E-state index in [0.29, 0.717) is 6.67 Å². The molecule has 0 amide bonds. The zero-order chi connectivity index (χ0) is 12.1. The maximum atomic E-state index is 11.3. The van der Waals surface area contributed by atoms with Gasteiger partial charge in [0.1, 0.15) is 13.0 Å². The molecule has 1 aromatic heterocycles. The van der Waals surface area contributed by atoms with E-state index in [1.807, 2.05) is 0 Å². The second-order valence-corrected chi connectivity index (χ2v) is 3.03. The summed E-state index contributed by atoms with van der Waals surface area (Å²) in [5.41, 5.74) is 5.29. The van der Waals surface area contributed by atoms with Gasteiger partial charge in [-0.25, -0.2) is 14.6 Å². The second-order valence-electron chi connectivity index (χ2n) is 3.03. The molecule has 1 aromatic rings. The van der Waals surface area contributed by atoms with Crippen LogP contribution >= 0.6 is 0 Å². The molecule has 1 aliphatic heterocycles. The van der Waals surface area contributed by atoms with E-state index >= 15 is 0 Å². The quantitative estimate of drug-likeness (QED) is 0.644. The lowest BCUT2D eigenvalue weighted by Crippen LogP contribution is -2.25. The number of carbonyl (C=O) groups excluding carboxylic acids is 1. The minimum Gasteiger partial charge on any atom is -0.346 e. The molecule has 0 spiro atoms. The molecule has 1 aliphatic rings. The molecule has 0 bridgehead atoms. The number of hydrogen-bond acceptors (Lipinski definition) is 10. The first-order chi connectivity index (χ1) is 8.31. The summed E-state index contributed by atoms with van der Waals surface area (Å²) in [6.07, 6.45) is 1.51. The van der Waals surface area contributed by atoms with Crippen LogP contribution in [0.15, 0.2) is 20.0 Å². The standard InChI is InChI=1S/C7H10N8O2/c8-1-5(16)6-7(13-17-12-6)10-4-15-3-9-2-11-14-15/h3H,1-2,4,8H2,(H,10,13). The van der Waals surface area contributed by atoms with Crippen LogP contribution in [0.2, 0.25) is 0 Å². The number of nitrogens with one attached hydrogen (secondary N) is 1. The molecule has 10 nitrogen and oxygen atoms in total. The van der Waals surface area contributed by atoms with Gasteiger partial charge in [0.2, 0.25) is 11.6 Å². The van der Waals surface area contributed by atoms with Crippen molar-refractivity contribution >= 4 is 17.9 Å². The van der Waals surface area contributed by atoms with Gasteiger partial charge in [-0.05, 0) is 10.3 Å². The fraction of sp³-hybridized carbons (Fsp3) is 0.429. The van der Waals surface area contributed by atoms with Crippen LogP contribution < -0.4 is 11.1 Å². The van der Waals surface area contributed by atoms with Crippen molar-refractivity contribution in [3.8, 4) is 0 Å². The van der Waals surface area contributed by atoms with Crippen molar-refractivity contribution in [3.05, 3.63) is 5.69 Å². The molecule has 2 heterocycles. The number of rotatable bonds is 5. The van der Waals surface area contributed by atoms with Gasteiger partial charge in [0.15, 0.2) is 12.4 Å². The van der Waals surface area contributed by atoms with Crippen molar-refractivity contribution in [3.63, 3.8) is 0 Å². The average molecular weight is 238 g/mol. The number of carbonyl (C=O) groups is 1. The van der Waals surface area contributed by atoms with Gasteiger partial charge in [-0.15, -0.1) is 5.11 Å². The Labute approximate surface area is 95.5 Å². The number of ketones is 1. The van der Waals surface area contributed by atoms with E-state index in [4.69, 9.17) is 5.73 Å². The van der Waals surface area contributed by atoms with Gasteiger partial charge < -0.3 is 11.1 Å². The Morgan fingerprint density at radius 1 is 1.59 bits per heavy atom. The number of Topliss-reactive ketones (excluding diaryl/α,β-unsaturated/α-hetero) is 1. The van der Waals surface area contributed by atoms with Gasteiger partial charge in [-0.2, -0.15) is 0 Å². The first-order valence-electron chi connectivity index (χ1n) is 4.75. The topological polar surface area (TPSA) is 134 Å². The molecule has 0 aromatic carbocycles. The summed E-state index contributed by atoms with van der Waals surface area (Å²) in [6, 6.07) is 0. The van der Waals surface area contributed by atoms with E-state index in [9.17, 15) is 4.79 Å². The summed E-state index contributed by atoms with van der Waals surface area (Å²) in [4.78, 5) is 15.2. The van der Waals surface area contributed by atoms with Crippen molar-refractivity contribution in [1.82, 2.24) is 15.3 Å². The van der Waals surface area contributed by atoms with Crippen molar-refractivity contribution in [2.75, 3.05) is 25.2 Å². The van der Waals surface area contributed by atoms with Gasteiger partial charge in [-0.1, -0.05) is 5.22 Å². The van der Waals surface area contributed by atoms with E-state index in [2.05, 4.69) is 35.6 Å². The van der Waals surface area contributed by atoms with Crippen LogP contribution in [-0.4, -0.2) is 47.3 Å². The normalized spacial score (nSPS) is 14.1. The van der Waals surface area contributed by atoms with Crippen LogP contribution in [0.3, 0.4) is 0 Å². The minimum atomic E-state index is -0.359. The highest BCUT2D eigenvalue weighted by molar-refractivity contribution is 5.99.